The molecule has 118 valence electrons. The molecule has 1 aromatic carbocycles. The molecule has 1 aliphatic heterocycles. The molecule has 0 radical (unpaired) electrons. The van der Waals surface area contributed by atoms with E-state index in [1.807, 2.05) is 18.2 Å². The minimum Gasteiger partial charge on any atom is -0.496 e. The summed E-state index contributed by atoms with van der Waals surface area (Å²) in [6.45, 7) is 7.79. The summed E-state index contributed by atoms with van der Waals surface area (Å²) >= 11 is 0. The van der Waals surface area contributed by atoms with Gasteiger partial charge >= 0.3 is 0 Å². The summed E-state index contributed by atoms with van der Waals surface area (Å²) in [4.78, 5) is 2.55. The van der Waals surface area contributed by atoms with Gasteiger partial charge in [-0.1, -0.05) is 13.0 Å². The van der Waals surface area contributed by atoms with Crippen LogP contribution in [0.5, 0.6) is 11.5 Å². The third-order valence-electron chi connectivity index (χ3n) is 4.46. The van der Waals surface area contributed by atoms with Crippen LogP contribution in [0.25, 0.3) is 0 Å². The molecule has 21 heavy (non-hydrogen) atoms. The number of likely N-dealkylation sites (tertiary alicyclic amines) is 1. The zero-order valence-electron chi connectivity index (χ0n) is 13.7. The Morgan fingerprint density at radius 2 is 1.95 bits per heavy atom. The third kappa shape index (κ3) is 3.69. The fourth-order valence-corrected chi connectivity index (χ4v) is 3.26. The molecule has 2 rings (SSSR count). The smallest absolute Gasteiger partial charge is 0.127 e. The average molecular weight is 292 g/mol. The van der Waals surface area contributed by atoms with Gasteiger partial charge in [0.1, 0.15) is 11.5 Å². The van der Waals surface area contributed by atoms with Gasteiger partial charge in [-0.2, -0.15) is 0 Å². The molecule has 1 saturated heterocycles. The first-order valence-electron chi connectivity index (χ1n) is 7.89. The maximum absolute atomic E-state index is 5.49. The van der Waals surface area contributed by atoms with E-state index in [1.54, 1.807) is 14.2 Å². The lowest BCUT2D eigenvalue weighted by molar-refractivity contribution is 0.254. The van der Waals surface area contributed by atoms with Crippen molar-refractivity contribution in [2.45, 2.75) is 38.8 Å². The van der Waals surface area contributed by atoms with E-state index < -0.39 is 0 Å². The second-order valence-corrected chi connectivity index (χ2v) is 5.63. The standard InChI is InChI=1S/C17H28N2O2/c1-5-19-11-7-8-14(19)12-18-13(2)17-15(20-3)9-6-10-16(17)21-4/h6,9-10,13-14,18H,5,7-8,11-12H2,1-4H3. The Balaban J connectivity index is 2.04. The van der Waals surface area contributed by atoms with Crippen molar-refractivity contribution in [3.63, 3.8) is 0 Å². The third-order valence-corrected chi connectivity index (χ3v) is 4.46. The summed E-state index contributed by atoms with van der Waals surface area (Å²) in [7, 11) is 3.42. The zero-order chi connectivity index (χ0) is 15.2. The molecule has 4 nitrogen and oxygen atoms in total. The van der Waals surface area contributed by atoms with Gasteiger partial charge in [-0.25, -0.2) is 0 Å². The van der Waals surface area contributed by atoms with Crippen molar-refractivity contribution in [1.82, 2.24) is 10.2 Å². The maximum Gasteiger partial charge on any atom is 0.127 e. The summed E-state index contributed by atoms with van der Waals surface area (Å²) in [6.07, 6.45) is 2.60. The molecule has 0 spiro atoms. The first kappa shape index (κ1) is 16.1. The fourth-order valence-electron chi connectivity index (χ4n) is 3.26. The molecule has 0 bridgehead atoms. The number of hydrogen-bond acceptors (Lipinski definition) is 4. The normalized spacial score (nSPS) is 20.5. The van der Waals surface area contributed by atoms with E-state index in [9.17, 15) is 0 Å². The second kappa shape index (κ2) is 7.66. The Morgan fingerprint density at radius 3 is 2.52 bits per heavy atom. The SMILES string of the molecule is CCN1CCCC1CNC(C)c1c(OC)cccc1OC. The Labute approximate surface area is 128 Å². The van der Waals surface area contributed by atoms with Crippen LogP contribution in [0.2, 0.25) is 0 Å². The number of ether oxygens (including phenoxy) is 2. The Hall–Kier alpha value is -1.26. The van der Waals surface area contributed by atoms with Gasteiger partial charge in [-0.3, -0.25) is 4.90 Å². The second-order valence-electron chi connectivity index (χ2n) is 5.63. The predicted molar refractivity (Wildman–Crippen MR) is 86.2 cm³/mol. The van der Waals surface area contributed by atoms with Crippen LogP contribution in [0.4, 0.5) is 0 Å². The minimum atomic E-state index is 0.204. The van der Waals surface area contributed by atoms with Crippen molar-refractivity contribution in [1.29, 1.82) is 0 Å². The highest BCUT2D eigenvalue weighted by Crippen LogP contribution is 2.33. The van der Waals surface area contributed by atoms with Crippen LogP contribution in [0.1, 0.15) is 38.3 Å². The van der Waals surface area contributed by atoms with E-state index in [-0.39, 0.29) is 6.04 Å². The average Bonchev–Trinajstić information content (AvgIpc) is 2.99. The van der Waals surface area contributed by atoms with Crippen LogP contribution in [0, 0.1) is 0 Å². The summed E-state index contributed by atoms with van der Waals surface area (Å²) < 4.78 is 11.0. The highest BCUT2D eigenvalue weighted by Gasteiger charge is 2.24. The van der Waals surface area contributed by atoms with Crippen molar-refractivity contribution in [3.8, 4) is 11.5 Å². The number of hydrogen-bond donors (Lipinski definition) is 1. The molecule has 0 amide bonds. The lowest BCUT2D eigenvalue weighted by Crippen LogP contribution is -2.38. The molecule has 1 heterocycles. The summed E-state index contributed by atoms with van der Waals surface area (Å²) in [6, 6.07) is 6.80. The van der Waals surface area contributed by atoms with Crippen LogP contribution in [-0.2, 0) is 0 Å². The number of rotatable bonds is 7. The molecular formula is C17H28N2O2. The van der Waals surface area contributed by atoms with Gasteiger partial charge in [0, 0.05) is 18.6 Å². The molecule has 1 aromatic rings. The summed E-state index contributed by atoms with van der Waals surface area (Å²) in [5.41, 5.74) is 1.10. The van der Waals surface area contributed by atoms with Crippen LogP contribution < -0.4 is 14.8 Å². The Morgan fingerprint density at radius 1 is 1.29 bits per heavy atom. The highest BCUT2D eigenvalue weighted by molar-refractivity contribution is 5.46. The van der Waals surface area contributed by atoms with Crippen molar-refractivity contribution >= 4 is 0 Å². The quantitative estimate of drug-likeness (QED) is 0.838. The van der Waals surface area contributed by atoms with E-state index in [0.717, 1.165) is 30.2 Å². The molecule has 1 N–H and O–H groups in total. The van der Waals surface area contributed by atoms with E-state index in [2.05, 4.69) is 24.1 Å². The Kier molecular flexibility index (Phi) is 5.88. The molecule has 0 aromatic heterocycles. The lowest BCUT2D eigenvalue weighted by Gasteiger charge is -2.26. The largest absolute Gasteiger partial charge is 0.496 e. The van der Waals surface area contributed by atoms with E-state index in [1.165, 1.54) is 19.4 Å². The Bertz CT molecular complexity index is 428. The van der Waals surface area contributed by atoms with Gasteiger partial charge in [-0.15, -0.1) is 0 Å². The van der Waals surface area contributed by atoms with Gasteiger partial charge in [0.25, 0.3) is 0 Å². The molecule has 0 aliphatic carbocycles. The van der Waals surface area contributed by atoms with Crippen molar-refractivity contribution in [2.24, 2.45) is 0 Å². The summed E-state index contributed by atoms with van der Waals surface area (Å²) in [5, 5.41) is 3.65. The number of likely N-dealkylation sites (N-methyl/N-ethyl adjacent to an activating group) is 1. The number of methoxy groups -OCH3 is 2. The predicted octanol–water partition coefficient (Wildman–Crippen LogP) is 2.84. The molecule has 2 unspecified atom stereocenters. The van der Waals surface area contributed by atoms with E-state index >= 15 is 0 Å². The first-order chi connectivity index (χ1) is 10.2. The fraction of sp³-hybridized carbons (Fsp3) is 0.647. The number of benzene rings is 1. The van der Waals surface area contributed by atoms with Crippen molar-refractivity contribution < 1.29 is 9.47 Å². The molecule has 0 saturated carbocycles. The van der Waals surface area contributed by atoms with Crippen LogP contribution in [0.3, 0.4) is 0 Å². The van der Waals surface area contributed by atoms with Crippen molar-refractivity contribution in [3.05, 3.63) is 23.8 Å². The van der Waals surface area contributed by atoms with Gasteiger partial charge < -0.3 is 14.8 Å². The number of nitrogens with one attached hydrogen (secondary N) is 1. The molecule has 2 atom stereocenters. The molecule has 4 heteroatoms. The van der Waals surface area contributed by atoms with Gasteiger partial charge in [-0.05, 0) is 45.0 Å². The van der Waals surface area contributed by atoms with Gasteiger partial charge in [0.2, 0.25) is 0 Å². The monoisotopic (exact) mass is 292 g/mol. The summed E-state index contributed by atoms with van der Waals surface area (Å²) in [5.74, 6) is 1.77. The molecular weight excluding hydrogens is 264 g/mol. The van der Waals surface area contributed by atoms with Crippen molar-refractivity contribution in [2.75, 3.05) is 33.9 Å². The topological polar surface area (TPSA) is 33.7 Å². The highest BCUT2D eigenvalue weighted by atomic mass is 16.5. The van der Waals surface area contributed by atoms with Crippen LogP contribution in [0.15, 0.2) is 18.2 Å². The van der Waals surface area contributed by atoms with Gasteiger partial charge in [0.05, 0.1) is 19.8 Å². The minimum absolute atomic E-state index is 0.204. The van der Waals surface area contributed by atoms with Gasteiger partial charge in [0.15, 0.2) is 0 Å². The number of nitrogens with zero attached hydrogens (tertiary/aromatic N) is 1. The maximum atomic E-state index is 5.49. The zero-order valence-corrected chi connectivity index (χ0v) is 13.7. The molecule has 1 aliphatic rings. The van der Waals surface area contributed by atoms with Crippen LogP contribution >= 0.6 is 0 Å². The van der Waals surface area contributed by atoms with Crippen LogP contribution in [-0.4, -0.2) is 44.8 Å². The molecule has 1 fully saturated rings. The lowest BCUT2D eigenvalue weighted by atomic mass is 10.0. The first-order valence-corrected chi connectivity index (χ1v) is 7.89. The van der Waals surface area contributed by atoms with E-state index in [4.69, 9.17) is 9.47 Å². The van der Waals surface area contributed by atoms with E-state index in [0.29, 0.717) is 6.04 Å².